The van der Waals surface area contributed by atoms with Crippen LogP contribution in [0.25, 0.3) is 0 Å². The van der Waals surface area contributed by atoms with Gasteiger partial charge in [0.05, 0.1) is 0 Å². The van der Waals surface area contributed by atoms with Gasteiger partial charge in [0.15, 0.2) is 0 Å². The Morgan fingerprint density at radius 1 is 0.833 bits per heavy atom. The van der Waals surface area contributed by atoms with Crippen LogP contribution in [0.4, 0.5) is 0 Å². The maximum absolute atomic E-state index is 2.40. The summed E-state index contributed by atoms with van der Waals surface area (Å²) in [6.45, 7) is 9.36. The minimum Gasteiger partial charge on any atom is -0.0654 e. The third-order valence-corrected chi connectivity index (χ3v) is 3.13. The summed E-state index contributed by atoms with van der Waals surface area (Å²) in [4.78, 5) is 0. The summed E-state index contributed by atoms with van der Waals surface area (Å²) in [7, 11) is 0. The molecule has 0 fully saturated rings. The van der Waals surface area contributed by atoms with Crippen LogP contribution < -0.4 is 0 Å². The van der Waals surface area contributed by atoms with Crippen molar-refractivity contribution in [2.24, 2.45) is 11.8 Å². The van der Waals surface area contributed by atoms with Crippen LogP contribution in [0.3, 0.4) is 0 Å². The zero-order chi connectivity index (χ0) is 9.40. The van der Waals surface area contributed by atoms with E-state index in [-0.39, 0.29) is 0 Å². The first-order valence-electron chi connectivity index (χ1n) is 5.72. The molecule has 12 heavy (non-hydrogen) atoms. The van der Waals surface area contributed by atoms with Crippen LogP contribution in [0.15, 0.2) is 0 Å². The number of hydrogen-bond donors (Lipinski definition) is 0. The molecule has 0 amide bonds. The summed E-state index contributed by atoms with van der Waals surface area (Å²) in [5.41, 5.74) is 0. The summed E-state index contributed by atoms with van der Waals surface area (Å²) in [5, 5.41) is 0. The quantitative estimate of drug-likeness (QED) is 0.488. The van der Waals surface area contributed by atoms with Gasteiger partial charge in [-0.15, -0.1) is 0 Å². The van der Waals surface area contributed by atoms with Gasteiger partial charge < -0.3 is 0 Å². The highest BCUT2D eigenvalue weighted by molar-refractivity contribution is 4.60. The van der Waals surface area contributed by atoms with Gasteiger partial charge in [-0.25, -0.2) is 0 Å². The largest absolute Gasteiger partial charge is 0.0654 e. The summed E-state index contributed by atoms with van der Waals surface area (Å²) in [6, 6.07) is 0. The van der Waals surface area contributed by atoms with E-state index < -0.39 is 0 Å². The first-order valence-corrected chi connectivity index (χ1v) is 5.72. The van der Waals surface area contributed by atoms with E-state index >= 15 is 0 Å². The highest BCUT2D eigenvalue weighted by Gasteiger charge is 2.08. The van der Waals surface area contributed by atoms with Crippen molar-refractivity contribution >= 4 is 0 Å². The summed E-state index contributed by atoms with van der Waals surface area (Å²) >= 11 is 0. The standard InChI is InChI=1S/C12H26/c1-5-7-8-9-10-12(4)11(3)6-2/h11-12H,5-10H2,1-4H3/t11-,12+/m1/s1. The molecule has 0 bridgehead atoms. The molecular formula is C12H26. The van der Waals surface area contributed by atoms with Crippen molar-refractivity contribution in [1.29, 1.82) is 0 Å². The molecule has 0 heteroatoms. The molecule has 0 radical (unpaired) electrons. The Morgan fingerprint density at radius 2 is 1.50 bits per heavy atom. The Hall–Kier alpha value is 0. The number of rotatable bonds is 7. The van der Waals surface area contributed by atoms with Gasteiger partial charge in [0.25, 0.3) is 0 Å². The third kappa shape index (κ3) is 5.62. The number of hydrogen-bond acceptors (Lipinski definition) is 0. The van der Waals surface area contributed by atoms with Crippen LogP contribution in [-0.2, 0) is 0 Å². The van der Waals surface area contributed by atoms with Gasteiger partial charge in [0.2, 0.25) is 0 Å². The summed E-state index contributed by atoms with van der Waals surface area (Å²) in [5.74, 6) is 1.86. The van der Waals surface area contributed by atoms with Crippen molar-refractivity contribution in [3.63, 3.8) is 0 Å². The fourth-order valence-electron chi connectivity index (χ4n) is 1.58. The molecule has 0 nitrogen and oxygen atoms in total. The van der Waals surface area contributed by atoms with Gasteiger partial charge in [0, 0.05) is 0 Å². The van der Waals surface area contributed by atoms with Gasteiger partial charge in [-0.2, -0.15) is 0 Å². The van der Waals surface area contributed by atoms with Crippen molar-refractivity contribution in [3.8, 4) is 0 Å². The summed E-state index contributed by atoms with van der Waals surface area (Å²) in [6.07, 6.45) is 8.45. The molecule has 0 saturated heterocycles. The molecule has 0 heterocycles. The van der Waals surface area contributed by atoms with E-state index in [2.05, 4.69) is 27.7 Å². The fraction of sp³-hybridized carbons (Fsp3) is 1.00. The lowest BCUT2D eigenvalue weighted by molar-refractivity contribution is 0.343. The zero-order valence-corrected chi connectivity index (χ0v) is 9.40. The molecule has 0 rings (SSSR count). The van der Waals surface area contributed by atoms with E-state index in [9.17, 15) is 0 Å². The SMILES string of the molecule is CCCCCC[C@H](C)[C@H](C)CC. The van der Waals surface area contributed by atoms with Gasteiger partial charge in [-0.1, -0.05) is 66.2 Å². The smallest absolute Gasteiger partial charge is 0.0417 e. The molecule has 0 aromatic carbocycles. The lowest BCUT2D eigenvalue weighted by Crippen LogP contribution is -2.06. The van der Waals surface area contributed by atoms with Crippen molar-refractivity contribution in [1.82, 2.24) is 0 Å². The zero-order valence-electron chi connectivity index (χ0n) is 9.40. The van der Waals surface area contributed by atoms with Gasteiger partial charge in [-0.05, 0) is 11.8 Å². The molecule has 0 aliphatic rings. The van der Waals surface area contributed by atoms with Gasteiger partial charge >= 0.3 is 0 Å². The predicted molar refractivity (Wildman–Crippen MR) is 57.4 cm³/mol. The Morgan fingerprint density at radius 3 is 2.00 bits per heavy atom. The molecule has 0 saturated carbocycles. The molecule has 74 valence electrons. The highest BCUT2D eigenvalue weighted by atomic mass is 14.1. The average molecular weight is 170 g/mol. The molecule has 0 N–H and O–H groups in total. The van der Waals surface area contributed by atoms with Gasteiger partial charge in [0.1, 0.15) is 0 Å². The average Bonchev–Trinajstić information content (AvgIpc) is 2.10. The van der Waals surface area contributed by atoms with Crippen LogP contribution in [0, 0.1) is 11.8 Å². The lowest BCUT2D eigenvalue weighted by Gasteiger charge is -2.17. The van der Waals surface area contributed by atoms with Crippen molar-refractivity contribution in [2.45, 2.75) is 66.2 Å². The number of unbranched alkanes of at least 4 members (excludes halogenated alkanes) is 3. The molecule has 2 atom stereocenters. The van der Waals surface area contributed by atoms with Crippen molar-refractivity contribution in [2.75, 3.05) is 0 Å². The predicted octanol–water partition coefficient (Wildman–Crippen LogP) is 4.64. The second-order valence-corrected chi connectivity index (χ2v) is 4.21. The molecule has 0 aromatic heterocycles. The molecule has 0 aromatic rings. The first kappa shape index (κ1) is 12.0. The Bertz CT molecular complexity index is 86.0. The molecular weight excluding hydrogens is 144 g/mol. The van der Waals surface area contributed by atoms with E-state index in [1.54, 1.807) is 0 Å². The van der Waals surface area contributed by atoms with Crippen molar-refractivity contribution < 1.29 is 0 Å². The summed E-state index contributed by atoms with van der Waals surface area (Å²) < 4.78 is 0. The van der Waals surface area contributed by atoms with Crippen LogP contribution >= 0.6 is 0 Å². The van der Waals surface area contributed by atoms with E-state index in [0.29, 0.717) is 0 Å². The Labute approximate surface area is 78.8 Å². The second-order valence-electron chi connectivity index (χ2n) is 4.21. The minimum atomic E-state index is 0.923. The van der Waals surface area contributed by atoms with E-state index in [1.165, 1.54) is 38.5 Å². The third-order valence-electron chi connectivity index (χ3n) is 3.13. The molecule has 0 aliphatic heterocycles. The van der Waals surface area contributed by atoms with Crippen LogP contribution in [0.1, 0.15) is 66.2 Å². The lowest BCUT2D eigenvalue weighted by atomic mass is 9.89. The van der Waals surface area contributed by atoms with Crippen LogP contribution in [0.2, 0.25) is 0 Å². The second kappa shape index (κ2) is 7.64. The minimum absolute atomic E-state index is 0.923. The van der Waals surface area contributed by atoms with E-state index in [1.807, 2.05) is 0 Å². The van der Waals surface area contributed by atoms with E-state index in [4.69, 9.17) is 0 Å². The molecule has 0 aliphatic carbocycles. The van der Waals surface area contributed by atoms with Crippen molar-refractivity contribution in [3.05, 3.63) is 0 Å². The maximum atomic E-state index is 2.40. The van der Waals surface area contributed by atoms with Crippen LogP contribution in [0.5, 0.6) is 0 Å². The molecule has 0 unspecified atom stereocenters. The highest BCUT2D eigenvalue weighted by Crippen LogP contribution is 2.20. The van der Waals surface area contributed by atoms with Crippen LogP contribution in [-0.4, -0.2) is 0 Å². The van der Waals surface area contributed by atoms with Gasteiger partial charge in [-0.3, -0.25) is 0 Å². The first-order chi connectivity index (χ1) is 5.72. The Balaban J connectivity index is 3.24. The maximum Gasteiger partial charge on any atom is -0.0417 e. The molecule has 0 spiro atoms. The monoisotopic (exact) mass is 170 g/mol. The normalized spacial score (nSPS) is 16.0. The Kier molecular flexibility index (Phi) is 7.64. The topological polar surface area (TPSA) is 0 Å². The fourth-order valence-corrected chi connectivity index (χ4v) is 1.58. The van der Waals surface area contributed by atoms with E-state index in [0.717, 1.165) is 11.8 Å².